The van der Waals surface area contributed by atoms with Crippen molar-refractivity contribution in [2.45, 2.75) is 25.4 Å². The van der Waals surface area contributed by atoms with Crippen LogP contribution in [0.1, 0.15) is 21.8 Å². The van der Waals surface area contributed by atoms with Gasteiger partial charge in [-0.1, -0.05) is 17.4 Å². The largest absolute Gasteiger partial charge is 0.497 e. The van der Waals surface area contributed by atoms with Gasteiger partial charge in [0.2, 0.25) is 0 Å². The van der Waals surface area contributed by atoms with Gasteiger partial charge in [0.15, 0.2) is 5.13 Å². The molecule has 1 N–H and O–H groups in total. The van der Waals surface area contributed by atoms with Crippen molar-refractivity contribution >= 4 is 33.4 Å². The number of fused-ring (bicyclic) bond motifs is 4. The lowest BCUT2D eigenvalue weighted by Crippen LogP contribution is -2.40. The van der Waals surface area contributed by atoms with Crippen molar-refractivity contribution < 1.29 is 4.74 Å². The number of H-pyrrole nitrogens is 1. The molecular weight excluding hydrogens is 356 g/mol. The Morgan fingerprint density at radius 1 is 1.33 bits per heavy atom. The summed E-state index contributed by atoms with van der Waals surface area (Å²) < 4.78 is 5.44. The lowest BCUT2D eigenvalue weighted by Gasteiger charge is -2.34. The van der Waals surface area contributed by atoms with Gasteiger partial charge >= 0.3 is 0 Å². The van der Waals surface area contributed by atoms with Crippen LogP contribution in [0.15, 0.2) is 24.3 Å². The molecule has 5 nitrogen and oxygen atoms in total. The van der Waals surface area contributed by atoms with Crippen LogP contribution in [-0.4, -0.2) is 48.7 Å². The van der Waals surface area contributed by atoms with Gasteiger partial charge < -0.3 is 14.6 Å². The molecule has 3 aromatic rings. The highest BCUT2D eigenvalue weighted by Gasteiger charge is 2.28. The van der Waals surface area contributed by atoms with E-state index in [9.17, 15) is 0 Å². The van der Waals surface area contributed by atoms with Gasteiger partial charge in [0, 0.05) is 62.7 Å². The molecule has 1 aliphatic carbocycles. The number of rotatable bonds is 3. The highest BCUT2D eigenvalue weighted by atomic mass is 32.1. The van der Waals surface area contributed by atoms with E-state index >= 15 is 0 Å². The summed E-state index contributed by atoms with van der Waals surface area (Å²) in [5, 5.41) is 2.38. The second kappa shape index (κ2) is 6.39. The average Bonchev–Trinajstić information content (AvgIpc) is 3.27. The second-order valence-corrected chi connectivity index (χ2v) is 8.56. The Morgan fingerprint density at radius 2 is 2.22 bits per heavy atom. The Labute approximate surface area is 163 Å². The van der Waals surface area contributed by atoms with Crippen LogP contribution < -0.4 is 9.64 Å². The Hall–Kier alpha value is -2.31. The third kappa shape index (κ3) is 2.84. The minimum Gasteiger partial charge on any atom is -0.497 e. The van der Waals surface area contributed by atoms with Gasteiger partial charge in [0.05, 0.1) is 17.7 Å². The number of thiazole rings is 1. The number of anilines is 1. The first-order valence-corrected chi connectivity index (χ1v) is 10.2. The van der Waals surface area contributed by atoms with Crippen LogP contribution in [0.5, 0.6) is 5.75 Å². The summed E-state index contributed by atoms with van der Waals surface area (Å²) in [6.07, 6.45) is 6.68. The molecule has 0 saturated heterocycles. The number of hydrogen-bond donors (Lipinski definition) is 1. The van der Waals surface area contributed by atoms with Crippen LogP contribution >= 0.6 is 11.3 Å². The number of nitrogens with one attached hydrogen (secondary N) is 1. The van der Waals surface area contributed by atoms with Crippen LogP contribution in [0.4, 0.5) is 5.13 Å². The van der Waals surface area contributed by atoms with E-state index in [0.29, 0.717) is 6.04 Å². The quantitative estimate of drug-likeness (QED) is 0.753. The molecule has 3 heterocycles. The monoisotopic (exact) mass is 380 g/mol. The maximum atomic E-state index is 5.44. The minimum absolute atomic E-state index is 0.415. The molecule has 0 amide bonds. The predicted octanol–water partition coefficient (Wildman–Crippen LogP) is 3.70. The number of aromatic nitrogens is 2. The molecule has 5 rings (SSSR count). The Bertz CT molecular complexity index is 1030. The van der Waals surface area contributed by atoms with Crippen LogP contribution in [0.3, 0.4) is 0 Å². The SMILES string of the molecule is COc1ccc2[nH]c3c(c2c1)CN(C1C=Cc2sc(N(C)C)nc2C1)CC3. The highest BCUT2D eigenvalue weighted by Crippen LogP contribution is 2.35. The number of ether oxygens (including phenoxy) is 1. The van der Waals surface area contributed by atoms with Gasteiger partial charge in [-0.15, -0.1) is 0 Å². The third-order valence-electron chi connectivity index (χ3n) is 5.65. The van der Waals surface area contributed by atoms with Crippen molar-refractivity contribution in [2.24, 2.45) is 0 Å². The van der Waals surface area contributed by atoms with Gasteiger partial charge in [-0.3, -0.25) is 4.90 Å². The zero-order valence-electron chi connectivity index (χ0n) is 16.0. The second-order valence-electron chi connectivity index (χ2n) is 7.55. The van der Waals surface area contributed by atoms with Crippen molar-refractivity contribution in [3.8, 4) is 5.75 Å². The van der Waals surface area contributed by atoms with Crippen LogP contribution in [0.25, 0.3) is 17.0 Å². The first kappa shape index (κ1) is 16.8. The molecule has 6 heteroatoms. The van der Waals surface area contributed by atoms with E-state index < -0.39 is 0 Å². The maximum absolute atomic E-state index is 5.44. The summed E-state index contributed by atoms with van der Waals surface area (Å²) in [6, 6.07) is 6.73. The maximum Gasteiger partial charge on any atom is 0.185 e. The van der Waals surface area contributed by atoms with E-state index in [0.717, 1.165) is 36.8 Å². The number of nitrogens with zero attached hydrogens (tertiary/aromatic N) is 3. The summed E-state index contributed by atoms with van der Waals surface area (Å²) in [4.78, 5) is 14.4. The van der Waals surface area contributed by atoms with Crippen LogP contribution in [-0.2, 0) is 19.4 Å². The zero-order chi connectivity index (χ0) is 18.5. The van der Waals surface area contributed by atoms with Crippen molar-refractivity contribution in [3.05, 3.63) is 46.1 Å². The lowest BCUT2D eigenvalue weighted by molar-refractivity contribution is 0.208. The van der Waals surface area contributed by atoms with E-state index in [1.165, 1.54) is 32.7 Å². The summed E-state index contributed by atoms with van der Waals surface area (Å²) in [5.74, 6) is 0.919. The third-order valence-corrected chi connectivity index (χ3v) is 6.88. The van der Waals surface area contributed by atoms with E-state index in [-0.39, 0.29) is 0 Å². The predicted molar refractivity (Wildman–Crippen MR) is 112 cm³/mol. The van der Waals surface area contributed by atoms with Crippen LogP contribution in [0, 0.1) is 0 Å². The highest BCUT2D eigenvalue weighted by molar-refractivity contribution is 7.16. The number of benzene rings is 1. The summed E-state index contributed by atoms with van der Waals surface area (Å²) in [6.45, 7) is 2.05. The molecule has 0 radical (unpaired) electrons. The molecule has 2 aromatic heterocycles. The molecule has 1 unspecified atom stereocenters. The van der Waals surface area contributed by atoms with Crippen molar-refractivity contribution in [2.75, 3.05) is 32.6 Å². The molecule has 0 fully saturated rings. The van der Waals surface area contributed by atoms with E-state index in [1.807, 2.05) is 6.07 Å². The van der Waals surface area contributed by atoms with Gasteiger partial charge in [-0.25, -0.2) is 4.98 Å². The van der Waals surface area contributed by atoms with Gasteiger partial charge in [0.25, 0.3) is 0 Å². The fourth-order valence-electron chi connectivity index (χ4n) is 4.16. The van der Waals surface area contributed by atoms with Gasteiger partial charge in [0.1, 0.15) is 5.75 Å². The molecule has 0 spiro atoms. The van der Waals surface area contributed by atoms with E-state index in [1.54, 1.807) is 18.4 Å². The summed E-state index contributed by atoms with van der Waals surface area (Å²) in [5.41, 5.74) is 5.24. The first-order valence-electron chi connectivity index (χ1n) is 9.39. The lowest BCUT2D eigenvalue weighted by atomic mass is 9.98. The summed E-state index contributed by atoms with van der Waals surface area (Å²) >= 11 is 1.78. The molecule has 1 aliphatic heterocycles. The average molecular weight is 381 g/mol. The Morgan fingerprint density at radius 3 is 3.04 bits per heavy atom. The zero-order valence-corrected chi connectivity index (χ0v) is 16.8. The smallest absolute Gasteiger partial charge is 0.185 e. The van der Waals surface area contributed by atoms with Gasteiger partial charge in [-0.2, -0.15) is 0 Å². The molecule has 2 aliphatic rings. The molecule has 1 aromatic carbocycles. The van der Waals surface area contributed by atoms with Crippen molar-refractivity contribution in [1.29, 1.82) is 0 Å². The number of aromatic amines is 1. The fraction of sp³-hybridized carbons (Fsp3) is 0.381. The van der Waals surface area contributed by atoms with Crippen LogP contribution in [0.2, 0.25) is 0 Å². The molecular formula is C21H24N4OS. The van der Waals surface area contributed by atoms with Gasteiger partial charge in [-0.05, 0) is 29.8 Å². The molecule has 140 valence electrons. The van der Waals surface area contributed by atoms with E-state index in [4.69, 9.17) is 9.72 Å². The molecule has 0 bridgehead atoms. The Balaban J connectivity index is 1.42. The number of hydrogen-bond acceptors (Lipinski definition) is 5. The van der Waals surface area contributed by atoms with Crippen molar-refractivity contribution in [3.63, 3.8) is 0 Å². The number of methoxy groups -OCH3 is 1. The molecule has 1 atom stereocenters. The van der Waals surface area contributed by atoms with E-state index in [2.05, 4.69) is 53.2 Å². The first-order chi connectivity index (χ1) is 13.1. The fourth-order valence-corrected chi connectivity index (χ4v) is 5.09. The normalized spacial score (nSPS) is 19.1. The van der Waals surface area contributed by atoms with Crippen molar-refractivity contribution in [1.82, 2.24) is 14.9 Å². The molecule has 27 heavy (non-hydrogen) atoms. The standard InChI is InChI=1S/C21H24N4OS/c1-24(2)21-23-19-10-13(4-7-20(19)27-21)25-9-8-18-16(12-25)15-11-14(26-3)5-6-17(15)22-18/h4-7,11,13,22H,8-10,12H2,1-3H3. The minimum atomic E-state index is 0.415. The molecule has 0 saturated carbocycles. The topological polar surface area (TPSA) is 44.4 Å². The Kier molecular flexibility index (Phi) is 3.98. The summed E-state index contributed by atoms with van der Waals surface area (Å²) in [7, 11) is 5.85.